The fourth-order valence-electron chi connectivity index (χ4n) is 1.85. The summed E-state index contributed by atoms with van der Waals surface area (Å²) in [6, 6.07) is 4.56. The summed E-state index contributed by atoms with van der Waals surface area (Å²) < 4.78 is 0. The molecule has 0 aromatic heterocycles. The van der Waals surface area contributed by atoms with Crippen LogP contribution in [0.3, 0.4) is 0 Å². The van der Waals surface area contributed by atoms with Crippen LogP contribution in [0.1, 0.15) is 28.8 Å². The van der Waals surface area contributed by atoms with Crippen molar-refractivity contribution in [2.75, 3.05) is 13.6 Å². The maximum absolute atomic E-state index is 12.2. The number of nitrogens with zero attached hydrogens (tertiary/aromatic N) is 2. The number of amides is 1. The minimum atomic E-state index is -0.938. The average Bonchev–Trinajstić information content (AvgIpc) is 2.36. The van der Waals surface area contributed by atoms with Crippen LogP contribution in [0, 0.1) is 17.0 Å². The normalized spacial score (nSPS) is 10.1. The summed E-state index contributed by atoms with van der Waals surface area (Å²) in [6.07, 6.45) is 0.255. The number of carboxylic acid groups (broad SMARTS) is 1. The van der Waals surface area contributed by atoms with Gasteiger partial charge in [0.15, 0.2) is 0 Å². The van der Waals surface area contributed by atoms with Crippen molar-refractivity contribution in [3.63, 3.8) is 0 Å². The van der Waals surface area contributed by atoms with Crippen LogP contribution in [0.5, 0.6) is 0 Å². The first-order valence-electron chi connectivity index (χ1n) is 6.06. The molecule has 0 atom stereocenters. The second-order valence-electron chi connectivity index (χ2n) is 4.45. The number of carboxylic acids is 1. The Morgan fingerprint density at radius 1 is 1.40 bits per heavy atom. The molecule has 1 aromatic carbocycles. The quantitative estimate of drug-likeness (QED) is 0.633. The maximum Gasteiger partial charge on any atom is 0.303 e. The Balaban J connectivity index is 2.89. The molecule has 7 nitrogen and oxygen atoms in total. The van der Waals surface area contributed by atoms with E-state index in [1.54, 1.807) is 19.1 Å². The molecule has 0 saturated carbocycles. The molecule has 0 heterocycles. The molecule has 1 amide bonds. The highest BCUT2D eigenvalue weighted by molar-refractivity contribution is 5.98. The van der Waals surface area contributed by atoms with Crippen molar-refractivity contribution in [1.29, 1.82) is 0 Å². The number of nitro groups is 1. The molecule has 0 unspecified atom stereocenters. The molecule has 1 aromatic rings. The van der Waals surface area contributed by atoms with Gasteiger partial charge in [-0.25, -0.2) is 0 Å². The van der Waals surface area contributed by atoms with E-state index in [4.69, 9.17) is 5.11 Å². The molecule has 0 aliphatic heterocycles. The molecular weight excluding hydrogens is 264 g/mol. The number of hydrogen-bond donors (Lipinski definition) is 1. The molecule has 108 valence electrons. The number of benzene rings is 1. The molecule has 0 radical (unpaired) electrons. The first kappa shape index (κ1) is 15.6. The Bertz CT molecular complexity index is 542. The number of hydrogen-bond acceptors (Lipinski definition) is 4. The number of rotatable bonds is 6. The Labute approximate surface area is 116 Å². The van der Waals surface area contributed by atoms with Gasteiger partial charge in [-0.1, -0.05) is 12.1 Å². The number of para-hydroxylation sites is 1. The number of carbonyl (C=O) groups is 2. The van der Waals surface area contributed by atoms with Crippen molar-refractivity contribution >= 4 is 17.6 Å². The summed E-state index contributed by atoms with van der Waals surface area (Å²) in [5.74, 6) is -1.42. The predicted molar refractivity (Wildman–Crippen MR) is 71.7 cm³/mol. The van der Waals surface area contributed by atoms with Gasteiger partial charge in [0.25, 0.3) is 11.6 Å². The van der Waals surface area contributed by atoms with Crippen LogP contribution in [0.25, 0.3) is 0 Å². The Kier molecular flexibility index (Phi) is 5.19. The fourth-order valence-corrected chi connectivity index (χ4v) is 1.85. The zero-order chi connectivity index (χ0) is 15.3. The van der Waals surface area contributed by atoms with Crippen molar-refractivity contribution < 1.29 is 19.6 Å². The van der Waals surface area contributed by atoms with Crippen molar-refractivity contribution in [3.8, 4) is 0 Å². The van der Waals surface area contributed by atoms with Gasteiger partial charge in [0.1, 0.15) is 5.56 Å². The lowest BCUT2D eigenvalue weighted by molar-refractivity contribution is -0.385. The van der Waals surface area contributed by atoms with E-state index in [9.17, 15) is 19.7 Å². The minimum Gasteiger partial charge on any atom is -0.481 e. The first-order valence-corrected chi connectivity index (χ1v) is 6.06. The van der Waals surface area contributed by atoms with Crippen molar-refractivity contribution in [3.05, 3.63) is 39.4 Å². The Hall–Kier alpha value is -2.44. The lowest BCUT2D eigenvalue weighted by Crippen LogP contribution is -2.28. The van der Waals surface area contributed by atoms with Crippen LogP contribution < -0.4 is 0 Å². The summed E-state index contributed by atoms with van der Waals surface area (Å²) in [4.78, 5) is 34.3. The standard InChI is InChI=1S/C13H16N2O5/c1-9-5-3-6-10(12(9)15(19)20)13(18)14(2)8-4-7-11(16)17/h3,5-6H,4,7-8H2,1-2H3,(H,16,17). The smallest absolute Gasteiger partial charge is 0.303 e. The van der Waals surface area contributed by atoms with Crippen LogP contribution in [-0.2, 0) is 4.79 Å². The second kappa shape index (κ2) is 6.65. The van der Waals surface area contributed by atoms with E-state index >= 15 is 0 Å². The van der Waals surface area contributed by atoms with E-state index in [-0.39, 0.29) is 24.2 Å². The van der Waals surface area contributed by atoms with Crippen LogP contribution >= 0.6 is 0 Å². The molecule has 0 spiro atoms. The molecule has 1 rings (SSSR count). The molecule has 0 bridgehead atoms. The molecule has 20 heavy (non-hydrogen) atoms. The molecule has 0 saturated heterocycles. The zero-order valence-electron chi connectivity index (χ0n) is 11.3. The van der Waals surface area contributed by atoms with Crippen LogP contribution in [0.4, 0.5) is 5.69 Å². The van der Waals surface area contributed by atoms with E-state index in [0.717, 1.165) is 0 Å². The van der Waals surface area contributed by atoms with Crippen molar-refractivity contribution in [2.45, 2.75) is 19.8 Å². The van der Waals surface area contributed by atoms with E-state index in [1.807, 2.05) is 0 Å². The molecule has 0 aliphatic carbocycles. The van der Waals surface area contributed by atoms with Gasteiger partial charge in [-0.15, -0.1) is 0 Å². The predicted octanol–water partition coefficient (Wildman–Crippen LogP) is 1.84. The highest BCUT2D eigenvalue weighted by atomic mass is 16.6. The third-order valence-corrected chi connectivity index (χ3v) is 2.88. The topological polar surface area (TPSA) is 101 Å². The molecule has 1 N–H and O–H groups in total. The summed E-state index contributed by atoms with van der Waals surface area (Å²) in [6.45, 7) is 1.80. The highest BCUT2D eigenvalue weighted by Gasteiger charge is 2.24. The summed E-state index contributed by atoms with van der Waals surface area (Å²) >= 11 is 0. The monoisotopic (exact) mass is 280 g/mol. The van der Waals surface area contributed by atoms with Gasteiger partial charge in [-0.2, -0.15) is 0 Å². The van der Waals surface area contributed by atoms with Gasteiger partial charge < -0.3 is 10.0 Å². The van der Waals surface area contributed by atoms with Crippen LogP contribution in [0.15, 0.2) is 18.2 Å². The average molecular weight is 280 g/mol. The van der Waals surface area contributed by atoms with Gasteiger partial charge in [-0.05, 0) is 19.4 Å². The van der Waals surface area contributed by atoms with Gasteiger partial charge in [0.2, 0.25) is 0 Å². The maximum atomic E-state index is 12.2. The molecule has 7 heteroatoms. The summed E-state index contributed by atoms with van der Waals surface area (Å²) in [7, 11) is 1.50. The molecular formula is C13H16N2O5. The van der Waals surface area contributed by atoms with Crippen LogP contribution in [0.2, 0.25) is 0 Å². The lowest BCUT2D eigenvalue weighted by atomic mass is 10.1. The van der Waals surface area contributed by atoms with Gasteiger partial charge >= 0.3 is 5.97 Å². The van der Waals surface area contributed by atoms with E-state index in [0.29, 0.717) is 12.0 Å². The van der Waals surface area contributed by atoms with E-state index < -0.39 is 16.8 Å². The molecule has 0 aliphatic rings. The van der Waals surface area contributed by atoms with Crippen molar-refractivity contribution in [2.24, 2.45) is 0 Å². The Morgan fingerprint density at radius 3 is 2.60 bits per heavy atom. The van der Waals surface area contributed by atoms with Gasteiger partial charge in [0.05, 0.1) is 4.92 Å². The lowest BCUT2D eigenvalue weighted by Gasteiger charge is -2.17. The van der Waals surface area contributed by atoms with Crippen molar-refractivity contribution in [1.82, 2.24) is 4.90 Å². The third kappa shape index (κ3) is 3.78. The number of carbonyl (C=O) groups excluding carboxylic acids is 1. The van der Waals surface area contributed by atoms with Crippen LogP contribution in [-0.4, -0.2) is 40.4 Å². The Morgan fingerprint density at radius 2 is 2.05 bits per heavy atom. The number of aryl methyl sites for hydroxylation is 1. The summed E-state index contributed by atoms with van der Waals surface area (Å²) in [5, 5.41) is 19.6. The van der Waals surface area contributed by atoms with E-state index in [2.05, 4.69) is 0 Å². The SMILES string of the molecule is Cc1cccc(C(=O)N(C)CCCC(=O)O)c1[N+](=O)[O-]. The first-order chi connectivity index (χ1) is 9.34. The highest BCUT2D eigenvalue weighted by Crippen LogP contribution is 2.24. The number of aliphatic carboxylic acids is 1. The third-order valence-electron chi connectivity index (χ3n) is 2.88. The minimum absolute atomic E-state index is 0.0211. The molecule has 0 fully saturated rings. The fraction of sp³-hybridized carbons (Fsp3) is 0.385. The second-order valence-corrected chi connectivity index (χ2v) is 4.45. The zero-order valence-corrected chi connectivity index (χ0v) is 11.3. The van der Waals surface area contributed by atoms with E-state index in [1.165, 1.54) is 18.0 Å². The summed E-state index contributed by atoms with van der Waals surface area (Å²) in [5.41, 5.74) is 0.232. The largest absolute Gasteiger partial charge is 0.481 e. The number of nitro benzene ring substituents is 1. The van der Waals surface area contributed by atoms with Gasteiger partial charge in [-0.3, -0.25) is 19.7 Å². The van der Waals surface area contributed by atoms with Gasteiger partial charge in [0, 0.05) is 25.6 Å².